The van der Waals surface area contributed by atoms with Gasteiger partial charge in [-0.3, -0.25) is 5.21 Å². The van der Waals surface area contributed by atoms with Gasteiger partial charge < -0.3 is 9.80 Å². The first-order valence-corrected chi connectivity index (χ1v) is 11.5. The SMILES string of the molecule is ONC(=Nc1ccc(C2CCCCC2)cc1)N1CCN(c2ncccc2I)CC1. The summed E-state index contributed by atoms with van der Waals surface area (Å²) in [5, 5.41) is 9.68. The van der Waals surface area contributed by atoms with Crippen molar-refractivity contribution in [3.8, 4) is 0 Å². The number of guanidine groups is 1. The number of nitrogens with zero attached hydrogens (tertiary/aromatic N) is 4. The van der Waals surface area contributed by atoms with E-state index in [-0.39, 0.29) is 0 Å². The molecule has 6 nitrogen and oxygen atoms in total. The topological polar surface area (TPSA) is 64.0 Å². The number of nitrogens with one attached hydrogen (secondary N) is 1. The van der Waals surface area contributed by atoms with Crippen molar-refractivity contribution in [2.75, 3.05) is 31.1 Å². The lowest BCUT2D eigenvalue weighted by molar-refractivity contribution is 0.207. The number of benzene rings is 1. The van der Waals surface area contributed by atoms with Gasteiger partial charge >= 0.3 is 0 Å². The first-order chi connectivity index (χ1) is 14.2. The summed E-state index contributed by atoms with van der Waals surface area (Å²) in [6.45, 7) is 3.24. The third-order valence-corrected chi connectivity index (χ3v) is 6.76. The molecule has 29 heavy (non-hydrogen) atoms. The summed E-state index contributed by atoms with van der Waals surface area (Å²) in [5.41, 5.74) is 4.59. The van der Waals surface area contributed by atoms with Crippen LogP contribution in [0.4, 0.5) is 11.5 Å². The van der Waals surface area contributed by atoms with Crippen LogP contribution < -0.4 is 10.4 Å². The minimum absolute atomic E-state index is 0.505. The fourth-order valence-corrected chi connectivity index (χ4v) is 4.97. The van der Waals surface area contributed by atoms with Gasteiger partial charge in [-0.05, 0) is 71.2 Å². The van der Waals surface area contributed by atoms with Gasteiger partial charge in [-0.25, -0.2) is 15.5 Å². The normalized spacial score (nSPS) is 18.8. The summed E-state index contributed by atoms with van der Waals surface area (Å²) in [5.74, 6) is 2.23. The fraction of sp³-hybridized carbons (Fsp3) is 0.455. The highest BCUT2D eigenvalue weighted by atomic mass is 127. The van der Waals surface area contributed by atoms with Crippen molar-refractivity contribution >= 4 is 40.1 Å². The van der Waals surface area contributed by atoms with E-state index in [2.05, 4.69) is 78.2 Å². The number of halogens is 1. The van der Waals surface area contributed by atoms with Gasteiger partial charge in [0.2, 0.25) is 5.96 Å². The van der Waals surface area contributed by atoms with Crippen molar-refractivity contribution in [1.82, 2.24) is 15.4 Å². The number of aliphatic imine (C=N–C) groups is 1. The minimum Gasteiger partial charge on any atom is -0.352 e. The van der Waals surface area contributed by atoms with Crippen LogP contribution in [0.5, 0.6) is 0 Å². The lowest BCUT2D eigenvalue weighted by Crippen LogP contribution is -2.52. The maximum Gasteiger partial charge on any atom is 0.223 e. The summed E-state index contributed by atoms with van der Waals surface area (Å²) >= 11 is 2.33. The Morgan fingerprint density at radius 1 is 1.03 bits per heavy atom. The molecule has 0 atom stereocenters. The Kier molecular flexibility index (Phi) is 6.86. The molecule has 2 fully saturated rings. The molecule has 1 aromatic heterocycles. The maximum atomic E-state index is 9.68. The van der Waals surface area contributed by atoms with E-state index in [4.69, 9.17) is 0 Å². The molecule has 0 radical (unpaired) electrons. The van der Waals surface area contributed by atoms with E-state index in [1.807, 2.05) is 12.3 Å². The van der Waals surface area contributed by atoms with Gasteiger partial charge in [0.15, 0.2) is 0 Å². The van der Waals surface area contributed by atoms with Crippen LogP contribution in [0.3, 0.4) is 0 Å². The van der Waals surface area contributed by atoms with Gasteiger partial charge in [0, 0.05) is 32.4 Å². The number of hydroxylamine groups is 1. The molecule has 1 aliphatic heterocycles. The number of aromatic nitrogens is 1. The zero-order chi connectivity index (χ0) is 20.1. The molecule has 1 aliphatic carbocycles. The zero-order valence-electron chi connectivity index (χ0n) is 16.6. The number of anilines is 1. The fourth-order valence-electron chi connectivity index (χ4n) is 4.29. The summed E-state index contributed by atoms with van der Waals surface area (Å²) in [4.78, 5) is 13.5. The summed E-state index contributed by atoms with van der Waals surface area (Å²) in [6, 6.07) is 12.6. The molecule has 4 rings (SSSR count). The van der Waals surface area contributed by atoms with Crippen LogP contribution in [0, 0.1) is 3.57 Å². The van der Waals surface area contributed by atoms with E-state index in [9.17, 15) is 5.21 Å². The maximum absolute atomic E-state index is 9.68. The van der Waals surface area contributed by atoms with E-state index >= 15 is 0 Å². The second-order valence-corrected chi connectivity index (χ2v) is 8.92. The molecule has 154 valence electrons. The molecule has 0 unspecified atom stereocenters. The van der Waals surface area contributed by atoms with Crippen LogP contribution >= 0.6 is 22.6 Å². The van der Waals surface area contributed by atoms with Crippen LogP contribution in [0.1, 0.15) is 43.6 Å². The highest BCUT2D eigenvalue weighted by molar-refractivity contribution is 14.1. The highest BCUT2D eigenvalue weighted by Crippen LogP contribution is 2.33. The molecule has 0 bridgehead atoms. The number of pyridine rings is 1. The highest BCUT2D eigenvalue weighted by Gasteiger charge is 2.22. The van der Waals surface area contributed by atoms with Crippen LogP contribution in [-0.2, 0) is 0 Å². The van der Waals surface area contributed by atoms with Crippen molar-refractivity contribution < 1.29 is 5.21 Å². The van der Waals surface area contributed by atoms with E-state index in [1.165, 1.54) is 37.7 Å². The van der Waals surface area contributed by atoms with Gasteiger partial charge in [-0.2, -0.15) is 0 Å². The van der Waals surface area contributed by atoms with Crippen LogP contribution in [-0.4, -0.2) is 47.2 Å². The van der Waals surface area contributed by atoms with Crippen molar-refractivity contribution in [3.05, 3.63) is 51.7 Å². The summed E-state index contributed by atoms with van der Waals surface area (Å²) < 4.78 is 1.16. The molecule has 2 aliphatic rings. The third-order valence-electron chi connectivity index (χ3n) is 5.92. The van der Waals surface area contributed by atoms with Crippen molar-refractivity contribution in [2.24, 2.45) is 4.99 Å². The van der Waals surface area contributed by atoms with Gasteiger partial charge in [-0.15, -0.1) is 0 Å². The number of hydrogen-bond donors (Lipinski definition) is 2. The van der Waals surface area contributed by atoms with E-state index in [0.717, 1.165) is 41.3 Å². The molecule has 1 saturated carbocycles. The smallest absolute Gasteiger partial charge is 0.223 e. The van der Waals surface area contributed by atoms with Gasteiger partial charge in [0.25, 0.3) is 0 Å². The van der Waals surface area contributed by atoms with Crippen LogP contribution in [0.15, 0.2) is 47.6 Å². The Bertz CT molecular complexity index is 827. The lowest BCUT2D eigenvalue weighted by Gasteiger charge is -2.36. The Hall–Kier alpha value is -1.87. The van der Waals surface area contributed by atoms with E-state index in [1.54, 1.807) is 0 Å². The molecule has 0 spiro atoms. The molecule has 7 heteroatoms. The summed E-state index contributed by atoms with van der Waals surface area (Å²) in [6.07, 6.45) is 8.48. The predicted octanol–water partition coefficient (Wildman–Crippen LogP) is 4.52. The van der Waals surface area contributed by atoms with Crippen molar-refractivity contribution in [3.63, 3.8) is 0 Å². The van der Waals surface area contributed by atoms with Gasteiger partial charge in [0.1, 0.15) is 5.82 Å². The average Bonchev–Trinajstić information content (AvgIpc) is 2.79. The third kappa shape index (κ3) is 5.01. The lowest BCUT2D eigenvalue weighted by atomic mass is 9.84. The standard InChI is InChI=1S/C22H28IN5O/c23-20-7-4-12-24-21(20)27-13-15-28(16-14-27)22(26-29)25-19-10-8-18(9-11-19)17-5-2-1-3-6-17/h4,7-12,17,29H,1-3,5-6,13-16H2,(H,25,26). The molecule has 2 aromatic rings. The zero-order valence-corrected chi connectivity index (χ0v) is 18.8. The Labute approximate surface area is 186 Å². The quantitative estimate of drug-likeness (QED) is 0.278. The van der Waals surface area contributed by atoms with Crippen molar-refractivity contribution in [2.45, 2.75) is 38.0 Å². The molecular formula is C22H28IN5O. The Morgan fingerprint density at radius 2 is 1.76 bits per heavy atom. The van der Waals surface area contributed by atoms with Crippen molar-refractivity contribution in [1.29, 1.82) is 0 Å². The molecular weight excluding hydrogens is 477 g/mol. The number of hydrogen-bond acceptors (Lipinski definition) is 4. The predicted molar refractivity (Wildman–Crippen MR) is 125 cm³/mol. The molecule has 1 aromatic carbocycles. The Morgan fingerprint density at radius 3 is 2.41 bits per heavy atom. The monoisotopic (exact) mass is 505 g/mol. The number of rotatable bonds is 3. The second-order valence-electron chi connectivity index (χ2n) is 7.76. The molecule has 1 saturated heterocycles. The van der Waals surface area contributed by atoms with Crippen LogP contribution in [0.25, 0.3) is 0 Å². The summed E-state index contributed by atoms with van der Waals surface area (Å²) in [7, 11) is 0. The second kappa shape index (κ2) is 9.75. The molecule has 0 amide bonds. The van der Waals surface area contributed by atoms with Crippen LogP contribution in [0.2, 0.25) is 0 Å². The molecule has 2 heterocycles. The van der Waals surface area contributed by atoms with Gasteiger partial charge in [-0.1, -0.05) is 31.4 Å². The Balaban J connectivity index is 1.40. The first kappa shape index (κ1) is 20.4. The van der Waals surface area contributed by atoms with Gasteiger partial charge in [0.05, 0.1) is 9.26 Å². The number of piperazine rings is 1. The largest absolute Gasteiger partial charge is 0.352 e. The first-order valence-electron chi connectivity index (χ1n) is 10.4. The van der Waals surface area contributed by atoms with E-state index < -0.39 is 0 Å². The molecule has 2 N–H and O–H groups in total. The minimum atomic E-state index is 0.505. The average molecular weight is 505 g/mol. The van der Waals surface area contributed by atoms with E-state index in [0.29, 0.717) is 11.9 Å².